The maximum atomic E-state index is 12.6. The van der Waals surface area contributed by atoms with Gasteiger partial charge in [0.1, 0.15) is 0 Å². The molecule has 5 heteroatoms. The summed E-state index contributed by atoms with van der Waals surface area (Å²) in [4.78, 5) is 25.3. The quantitative estimate of drug-likeness (QED) is 0.0432. The molecule has 1 rings (SSSR count). The van der Waals surface area contributed by atoms with E-state index in [1.54, 1.807) is 18.2 Å². The number of nitrogens with two attached hydrogens (primary N) is 1. The SMILES string of the molecule is CCCCCCCCCCCCCCCCCCOC(=O)c1cc(N)cc(C(=O)OCCCCCCCCCCCCCCCCCC)c1. The number of rotatable bonds is 36. The normalized spacial score (nSPS) is 11.2. The molecule has 0 saturated heterocycles. The molecule has 284 valence electrons. The summed E-state index contributed by atoms with van der Waals surface area (Å²) in [6.45, 7) is 5.34. The molecule has 1 aromatic carbocycles. The van der Waals surface area contributed by atoms with E-state index in [2.05, 4.69) is 13.8 Å². The fourth-order valence-electron chi connectivity index (χ4n) is 6.68. The number of hydrogen-bond acceptors (Lipinski definition) is 5. The van der Waals surface area contributed by atoms with E-state index in [9.17, 15) is 9.59 Å². The third-order valence-electron chi connectivity index (χ3n) is 9.89. The fraction of sp³-hybridized carbons (Fsp3) is 0.818. The van der Waals surface area contributed by atoms with Gasteiger partial charge in [0.2, 0.25) is 0 Å². The predicted molar refractivity (Wildman–Crippen MR) is 211 cm³/mol. The van der Waals surface area contributed by atoms with Crippen LogP contribution in [0.4, 0.5) is 5.69 Å². The molecule has 49 heavy (non-hydrogen) atoms. The first-order valence-electron chi connectivity index (χ1n) is 21.3. The highest BCUT2D eigenvalue weighted by atomic mass is 16.5. The van der Waals surface area contributed by atoms with Crippen molar-refractivity contribution in [3.05, 3.63) is 29.3 Å². The molecule has 0 atom stereocenters. The third-order valence-corrected chi connectivity index (χ3v) is 9.89. The van der Waals surface area contributed by atoms with Gasteiger partial charge < -0.3 is 15.2 Å². The molecular weight excluding hydrogens is 606 g/mol. The van der Waals surface area contributed by atoms with Crippen LogP contribution < -0.4 is 5.73 Å². The van der Waals surface area contributed by atoms with Crippen LogP contribution in [0.2, 0.25) is 0 Å². The highest BCUT2D eigenvalue weighted by molar-refractivity contribution is 5.96. The standard InChI is InChI=1S/C44H79NO4/c1-3-5-7-9-11-13-15-17-19-21-23-25-27-29-31-33-35-48-43(46)40-37-41(39-42(45)38-40)44(47)49-36-34-32-30-28-26-24-22-20-18-16-14-12-10-8-6-4-2/h37-39H,3-36,45H2,1-2H3. The number of esters is 2. The van der Waals surface area contributed by atoms with Crippen molar-refractivity contribution in [2.75, 3.05) is 18.9 Å². The molecule has 5 nitrogen and oxygen atoms in total. The minimum atomic E-state index is -0.430. The van der Waals surface area contributed by atoms with Gasteiger partial charge in [0.25, 0.3) is 0 Å². The first-order valence-corrected chi connectivity index (χ1v) is 21.3. The minimum Gasteiger partial charge on any atom is -0.462 e. The van der Waals surface area contributed by atoms with Gasteiger partial charge in [0.15, 0.2) is 0 Å². The Morgan fingerprint density at radius 2 is 0.612 bits per heavy atom. The highest BCUT2D eigenvalue weighted by Crippen LogP contribution is 2.18. The first-order chi connectivity index (χ1) is 24.1. The summed E-state index contributed by atoms with van der Waals surface area (Å²) in [5.74, 6) is -0.861. The van der Waals surface area contributed by atoms with Crippen molar-refractivity contribution in [2.45, 2.75) is 219 Å². The average molecular weight is 686 g/mol. The van der Waals surface area contributed by atoms with Gasteiger partial charge in [-0.05, 0) is 31.0 Å². The van der Waals surface area contributed by atoms with E-state index < -0.39 is 11.9 Å². The van der Waals surface area contributed by atoms with Crippen LogP contribution in [-0.2, 0) is 9.47 Å². The zero-order valence-electron chi connectivity index (χ0n) is 32.5. The van der Waals surface area contributed by atoms with Crippen LogP contribution >= 0.6 is 0 Å². The summed E-state index contributed by atoms with van der Waals surface area (Å²) in [5.41, 5.74) is 7.00. The number of nitrogen functional groups attached to an aromatic ring is 1. The van der Waals surface area contributed by atoms with E-state index in [0.717, 1.165) is 25.7 Å². The predicted octanol–water partition coefficient (Wildman–Crippen LogP) is 14.1. The number of hydrogen-bond donors (Lipinski definition) is 1. The molecule has 2 N–H and O–H groups in total. The zero-order valence-corrected chi connectivity index (χ0v) is 32.5. The van der Waals surface area contributed by atoms with E-state index in [1.807, 2.05) is 0 Å². The monoisotopic (exact) mass is 686 g/mol. The molecule has 0 aliphatic rings. The van der Waals surface area contributed by atoms with E-state index in [-0.39, 0.29) is 0 Å². The molecule has 0 aromatic heterocycles. The molecule has 0 saturated carbocycles. The fourth-order valence-corrected chi connectivity index (χ4v) is 6.68. The smallest absolute Gasteiger partial charge is 0.338 e. The van der Waals surface area contributed by atoms with Crippen LogP contribution in [0.1, 0.15) is 240 Å². The van der Waals surface area contributed by atoms with Crippen molar-refractivity contribution >= 4 is 17.6 Å². The molecule has 0 spiro atoms. The first kappa shape index (κ1) is 45.0. The summed E-state index contributed by atoms with van der Waals surface area (Å²) in [7, 11) is 0. The van der Waals surface area contributed by atoms with Gasteiger partial charge in [0.05, 0.1) is 24.3 Å². The molecule has 1 aromatic rings. The van der Waals surface area contributed by atoms with Crippen LogP contribution in [0.15, 0.2) is 18.2 Å². The topological polar surface area (TPSA) is 78.6 Å². The molecule has 0 fully saturated rings. The molecule has 0 amide bonds. The lowest BCUT2D eigenvalue weighted by molar-refractivity contribution is 0.0496. The second kappa shape index (κ2) is 34.4. The zero-order chi connectivity index (χ0) is 35.5. The molecular formula is C44H79NO4. The van der Waals surface area contributed by atoms with E-state index >= 15 is 0 Å². The summed E-state index contributed by atoms with van der Waals surface area (Å²) >= 11 is 0. The van der Waals surface area contributed by atoms with Crippen molar-refractivity contribution < 1.29 is 19.1 Å². The Labute approximate surface area is 303 Å². The van der Waals surface area contributed by atoms with Gasteiger partial charge in [-0.15, -0.1) is 0 Å². The second-order valence-corrected chi connectivity index (χ2v) is 14.7. The highest BCUT2D eigenvalue weighted by Gasteiger charge is 2.14. The Bertz CT molecular complexity index is 833. The lowest BCUT2D eigenvalue weighted by Crippen LogP contribution is -2.11. The van der Waals surface area contributed by atoms with Gasteiger partial charge in [-0.25, -0.2) is 9.59 Å². The van der Waals surface area contributed by atoms with Crippen molar-refractivity contribution in [3.63, 3.8) is 0 Å². The van der Waals surface area contributed by atoms with Gasteiger partial charge >= 0.3 is 11.9 Å². The van der Waals surface area contributed by atoms with Crippen LogP contribution in [0.5, 0.6) is 0 Å². The molecule has 0 unspecified atom stereocenters. The number of anilines is 1. The van der Waals surface area contributed by atoms with Crippen molar-refractivity contribution in [2.24, 2.45) is 0 Å². The molecule has 0 aliphatic carbocycles. The average Bonchev–Trinajstić information content (AvgIpc) is 3.10. The Morgan fingerprint density at radius 1 is 0.388 bits per heavy atom. The largest absolute Gasteiger partial charge is 0.462 e. The van der Waals surface area contributed by atoms with Crippen LogP contribution in [-0.4, -0.2) is 25.2 Å². The number of ether oxygens (including phenoxy) is 2. The summed E-state index contributed by atoms with van der Waals surface area (Å²) in [6.07, 6.45) is 41.9. The number of carbonyl (C=O) groups is 2. The van der Waals surface area contributed by atoms with Crippen molar-refractivity contribution in [1.29, 1.82) is 0 Å². The third kappa shape index (κ3) is 28.4. The van der Waals surface area contributed by atoms with Gasteiger partial charge in [-0.1, -0.05) is 206 Å². The van der Waals surface area contributed by atoms with Gasteiger partial charge in [-0.3, -0.25) is 0 Å². The second-order valence-electron chi connectivity index (χ2n) is 14.7. The Hall–Kier alpha value is -2.04. The molecule has 0 radical (unpaired) electrons. The van der Waals surface area contributed by atoms with Crippen LogP contribution in [0, 0.1) is 0 Å². The molecule has 0 bridgehead atoms. The molecule has 0 heterocycles. The summed E-state index contributed by atoms with van der Waals surface area (Å²) in [6, 6.07) is 4.69. The minimum absolute atomic E-state index is 0.311. The number of unbranched alkanes of at least 4 members (excludes halogenated alkanes) is 30. The van der Waals surface area contributed by atoms with E-state index in [1.165, 1.54) is 180 Å². The maximum absolute atomic E-state index is 12.6. The maximum Gasteiger partial charge on any atom is 0.338 e. The van der Waals surface area contributed by atoms with Crippen LogP contribution in [0.3, 0.4) is 0 Å². The van der Waals surface area contributed by atoms with Crippen molar-refractivity contribution in [1.82, 2.24) is 0 Å². The summed E-state index contributed by atoms with van der Waals surface area (Å²) in [5, 5.41) is 0. The van der Waals surface area contributed by atoms with Gasteiger partial charge in [0, 0.05) is 5.69 Å². The van der Waals surface area contributed by atoms with Gasteiger partial charge in [-0.2, -0.15) is 0 Å². The van der Waals surface area contributed by atoms with Crippen LogP contribution in [0.25, 0.3) is 0 Å². The van der Waals surface area contributed by atoms with E-state index in [4.69, 9.17) is 15.2 Å². The summed E-state index contributed by atoms with van der Waals surface area (Å²) < 4.78 is 11.0. The Kier molecular flexibility index (Phi) is 31.6. The van der Waals surface area contributed by atoms with E-state index in [0.29, 0.717) is 30.0 Å². The Morgan fingerprint density at radius 3 is 0.857 bits per heavy atom. The van der Waals surface area contributed by atoms with Crippen molar-refractivity contribution in [3.8, 4) is 0 Å². The number of carbonyl (C=O) groups excluding carboxylic acids is 2. The Balaban J connectivity index is 2.01. The lowest BCUT2D eigenvalue weighted by atomic mass is 10.0. The molecule has 0 aliphatic heterocycles. The lowest BCUT2D eigenvalue weighted by Gasteiger charge is -2.09. The number of benzene rings is 1.